The second-order valence-corrected chi connectivity index (χ2v) is 5.34. The molecular weight excluding hydrogens is 228 g/mol. The number of ether oxygens (including phenoxy) is 1. The molecule has 0 radical (unpaired) electrons. The van der Waals surface area contributed by atoms with Crippen molar-refractivity contribution in [2.45, 2.75) is 64.0 Å². The highest BCUT2D eigenvalue weighted by Crippen LogP contribution is 2.30. The Labute approximate surface area is 111 Å². The third-order valence-electron chi connectivity index (χ3n) is 3.88. The highest BCUT2D eigenvalue weighted by molar-refractivity contribution is 5.77. The van der Waals surface area contributed by atoms with E-state index in [9.17, 15) is 4.79 Å². The minimum absolute atomic E-state index is 0.0250. The van der Waals surface area contributed by atoms with Crippen molar-refractivity contribution in [3.8, 4) is 0 Å². The second kappa shape index (κ2) is 7.74. The molecule has 0 aromatic rings. The van der Waals surface area contributed by atoms with Crippen LogP contribution in [0, 0.1) is 0 Å². The molecule has 2 N–H and O–H groups in total. The quantitative estimate of drug-likeness (QED) is 0.731. The molecule has 4 heteroatoms. The van der Waals surface area contributed by atoms with Gasteiger partial charge in [-0.2, -0.15) is 0 Å². The number of nitrogens with one attached hydrogen (secondary N) is 2. The first-order valence-electron chi connectivity index (χ1n) is 7.19. The minimum atomic E-state index is 0.0250. The Morgan fingerprint density at radius 3 is 2.56 bits per heavy atom. The fourth-order valence-electron chi connectivity index (χ4n) is 2.71. The predicted molar refractivity (Wildman–Crippen MR) is 73.6 cm³/mol. The molecule has 1 unspecified atom stereocenters. The molecule has 1 aliphatic carbocycles. The van der Waals surface area contributed by atoms with Crippen LogP contribution in [0.5, 0.6) is 0 Å². The van der Waals surface area contributed by atoms with E-state index in [0.29, 0.717) is 19.6 Å². The Morgan fingerprint density at radius 1 is 1.33 bits per heavy atom. The summed E-state index contributed by atoms with van der Waals surface area (Å²) in [5.41, 5.74) is 0.0250. The van der Waals surface area contributed by atoms with Gasteiger partial charge in [0.15, 0.2) is 0 Å². The van der Waals surface area contributed by atoms with Crippen LogP contribution >= 0.6 is 0 Å². The predicted octanol–water partition coefficient (Wildman–Crippen LogP) is 1.84. The average molecular weight is 256 g/mol. The summed E-state index contributed by atoms with van der Waals surface area (Å²) in [6.45, 7) is 5.25. The van der Waals surface area contributed by atoms with E-state index in [0.717, 1.165) is 12.8 Å². The number of hydrogen-bond donors (Lipinski definition) is 2. The van der Waals surface area contributed by atoms with Gasteiger partial charge >= 0.3 is 0 Å². The smallest absolute Gasteiger partial charge is 0.221 e. The van der Waals surface area contributed by atoms with Crippen LogP contribution < -0.4 is 10.6 Å². The fourth-order valence-corrected chi connectivity index (χ4v) is 2.71. The van der Waals surface area contributed by atoms with Crippen LogP contribution in [0.25, 0.3) is 0 Å². The van der Waals surface area contributed by atoms with E-state index in [-0.39, 0.29) is 17.6 Å². The van der Waals surface area contributed by atoms with Crippen LogP contribution in [-0.2, 0) is 9.53 Å². The lowest BCUT2D eigenvalue weighted by Gasteiger charge is -2.36. The molecule has 106 valence electrons. The first-order valence-corrected chi connectivity index (χ1v) is 7.19. The van der Waals surface area contributed by atoms with E-state index in [2.05, 4.69) is 10.6 Å². The summed E-state index contributed by atoms with van der Waals surface area (Å²) in [7, 11) is 1.97. The average Bonchev–Trinajstić information content (AvgIpc) is 2.38. The van der Waals surface area contributed by atoms with E-state index in [1.807, 2.05) is 20.9 Å². The Kier molecular flexibility index (Phi) is 6.65. The largest absolute Gasteiger partial charge is 0.377 e. The number of rotatable bonds is 7. The zero-order valence-electron chi connectivity index (χ0n) is 12.1. The molecule has 1 atom stereocenters. The summed E-state index contributed by atoms with van der Waals surface area (Å²) in [5, 5.41) is 6.34. The number of amides is 1. The van der Waals surface area contributed by atoms with Crippen LogP contribution in [0.4, 0.5) is 0 Å². The van der Waals surface area contributed by atoms with Gasteiger partial charge in [0.1, 0.15) is 0 Å². The molecule has 18 heavy (non-hydrogen) atoms. The Bertz CT molecular complexity index is 250. The molecule has 1 saturated carbocycles. The molecule has 0 aromatic carbocycles. The van der Waals surface area contributed by atoms with Crippen molar-refractivity contribution in [1.29, 1.82) is 0 Å². The van der Waals surface area contributed by atoms with Crippen LogP contribution in [0.3, 0.4) is 0 Å². The van der Waals surface area contributed by atoms with Crippen molar-refractivity contribution in [2.24, 2.45) is 0 Å². The lowest BCUT2D eigenvalue weighted by molar-refractivity contribution is -0.123. The molecule has 0 heterocycles. The lowest BCUT2D eigenvalue weighted by atomic mass is 9.79. The molecule has 1 fully saturated rings. The van der Waals surface area contributed by atoms with Crippen molar-refractivity contribution in [3.63, 3.8) is 0 Å². The SMILES string of the molecule is CCOC(C)CNC(=O)CC1(NC)CCCCC1. The molecular formula is C14H28N2O2. The van der Waals surface area contributed by atoms with Crippen LogP contribution in [0.15, 0.2) is 0 Å². The normalized spacial score (nSPS) is 20.4. The molecule has 0 bridgehead atoms. The van der Waals surface area contributed by atoms with Crippen molar-refractivity contribution >= 4 is 5.91 Å². The van der Waals surface area contributed by atoms with Gasteiger partial charge in [0.05, 0.1) is 6.10 Å². The van der Waals surface area contributed by atoms with E-state index in [4.69, 9.17) is 4.74 Å². The third kappa shape index (κ3) is 4.94. The number of hydrogen-bond acceptors (Lipinski definition) is 3. The Hall–Kier alpha value is -0.610. The molecule has 0 aliphatic heterocycles. The molecule has 0 aromatic heterocycles. The van der Waals surface area contributed by atoms with E-state index in [1.165, 1.54) is 19.3 Å². The van der Waals surface area contributed by atoms with Crippen molar-refractivity contribution in [1.82, 2.24) is 10.6 Å². The Balaban J connectivity index is 2.33. The molecule has 1 rings (SSSR count). The van der Waals surface area contributed by atoms with Gasteiger partial charge in [0, 0.05) is 25.1 Å². The van der Waals surface area contributed by atoms with Gasteiger partial charge in [-0.15, -0.1) is 0 Å². The molecule has 1 aliphatic rings. The van der Waals surface area contributed by atoms with Crippen LogP contribution in [-0.4, -0.2) is 37.7 Å². The van der Waals surface area contributed by atoms with Gasteiger partial charge in [0.25, 0.3) is 0 Å². The van der Waals surface area contributed by atoms with E-state index < -0.39 is 0 Å². The summed E-state index contributed by atoms with van der Waals surface area (Å²) < 4.78 is 5.40. The monoisotopic (exact) mass is 256 g/mol. The molecule has 4 nitrogen and oxygen atoms in total. The van der Waals surface area contributed by atoms with E-state index >= 15 is 0 Å². The van der Waals surface area contributed by atoms with Gasteiger partial charge in [-0.3, -0.25) is 4.79 Å². The van der Waals surface area contributed by atoms with Gasteiger partial charge in [-0.05, 0) is 33.7 Å². The van der Waals surface area contributed by atoms with Gasteiger partial charge in [-0.25, -0.2) is 0 Å². The summed E-state index contributed by atoms with van der Waals surface area (Å²) in [6.07, 6.45) is 6.65. The van der Waals surface area contributed by atoms with Crippen LogP contribution in [0.2, 0.25) is 0 Å². The molecule has 0 spiro atoms. The summed E-state index contributed by atoms with van der Waals surface area (Å²) in [6, 6.07) is 0. The first kappa shape index (κ1) is 15.4. The highest BCUT2D eigenvalue weighted by Gasteiger charge is 2.32. The third-order valence-corrected chi connectivity index (χ3v) is 3.88. The van der Waals surface area contributed by atoms with Crippen LogP contribution in [0.1, 0.15) is 52.4 Å². The topological polar surface area (TPSA) is 50.4 Å². The number of carbonyl (C=O) groups excluding carboxylic acids is 1. The maximum atomic E-state index is 12.0. The zero-order chi connectivity index (χ0) is 13.4. The van der Waals surface area contributed by atoms with Gasteiger partial charge < -0.3 is 15.4 Å². The zero-order valence-corrected chi connectivity index (χ0v) is 12.1. The maximum absolute atomic E-state index is 12.0. The maximum Gasteiger partial charge on any atom is 0.221 e. The summed E-state index contributed by atoms with van der Waals surface area (Å²) in [4.78, 5) is 12.0. The second-order valence-electron chi connectivity index (χ2n) is 5.34. The molecule has 0 saturated heterocycles. The van der Waals surface area contributed by atoms with Gasteiger partial charge in [0.2, 0.25) is 5.91 Å². The summed E-state index contributed by atoms with van der Waals surface area (Å²) >= 11 is 0. The van der Waals surface area contributed by atoms with Crippen molar-refractivity contribution in [3.05, 3.63) is 0 Å². The van der Waals surface area contributed by atoms with Crippen molar-refractivity contribution in [2.75, 3.05) is 20.2 Å². The first-order chi connectivity index (χ1) is 8.62. The fraction of sp³-hybridized carbons (Fsp3) is 0.929. The van der Waals surface area contributed by atoms with E-state index in [1.54, 1.807) is 0 Å². The minimum Gasteiger partial charge on any atom is -0.377 e. The standard InChI is InChI=1S/C14H28N2O2/c1-4-18-12(2)11-16-13(17)10-14(15-3)8-6-5-7-9-14/h12,15H,4-11H2,1-3H3,(H,16,17). The highest BCUT2D eigenvalue weighted by atomic mass is 16.5. The summed E-state index contributed by atoms with van der Waals surface area (Å²) in [5.74, 6) is 0.137. The Morgan fingerprint density at radius 2 is 2.00 bits per heavy atom. The lowest BCUT2D eigenvalue weighted by Crippen LogP contribution is -2.48. The van der Waals surface area contributed by atoms with Gasteiger partial charge in [-0.1, -0.05) is 19.3 Å². The number of carbonyl (C=O) groups is 1. The van der Waals surface area contributed by atoms with Crippen molar-refractivity contribution < 1.29 is 9.53 Å². The molecule has 1 amide bonds.